The normalized spacial score (nSPS) is 9.73. The van der Waals surface area contributed by atoms with Crippen molar-refractivity contribution in [2.45, 2.75) is 6.92 Å². The van der Waals surface area contributed by atoms with E-state index in [9.17, 15) is 5.11 Å². The first-order valence-corrected chi connectivity index (χ1v) is 3.56. The van der Waals surface area contributed by atoms with E-state index in [1.54, 1.807) is 19.1 Å². The lowest BCUT2D eigenvalue weighted by molar-refractivity contribution is 0.372. The Bertz CT molecular complexity index is 271. The minimum absolute atomic E-state index is 0.111. The molecule has 2 nitrogen and oxygen atoms in total. The monoisotopic (exact) mass is 172 g/mol. The number of phenols is 1. The van der Waals surface area contributed by atoms with Gasteiger partial charge in [-0.25, -0.2) is 0 Å². The van der Waals surface area contributed by atoms with Gasteiger partial charge in [-0.05, 0) is 19.1 Å². The van der Waals surface area contributed by atoms with Crippen molar-refractivity contribution in [3.63, 3.8) is 0 Å². The quantitative estimate of drug-likeness (QED) is 0.705. The Balaban J connectivity index is 3.25. The lowest BCUT2D eigenvalue weighted by atomic mass is 10.2. The molecule has 60 valence electrons. The molecule has 0 fully saturated rings. The summed E-state index contributed by atoms with van der Waals surface area (Å²) in [7, 11) is 1.50. The zero-order valence-electron chi connectivity index (χ0n) is 6.39. The highest BCUT2D eigenvalue weighted by Crippen LogP contribution is 2.33. The molecule has 1 aromatic rings. The predicted octanol–water partition coefficient (Wildman–Crippen LogP) is 2.36. The molecule has 1 N–H and O–H groups in total. The van der Waals surface area contributed by atoms with Crippen LogP contribution in [0.4, 0.5) is 0 Å². The van der Waals surface area contributed by atoms with Crippen LogP contribution in [0.5, 0.6) is 11.5 Å². The average molecular weight is 173 g/mol. The molecule has 0 atom stereocenters. The third-order valence-corrected chi connectivity index (χ3v) is 1.96. The molecule has 0 saturated carbocycles. The maximum atomic E-state index is 9.37. The van der Waals surface area contributed by atoms with Crippen LogP contribution < -0.4 is 4.74 Å². The van der Waals surface area contributed by atoms with Crippen molar-refractivity contribution in [2.75, 3.05) is 7.11 Å². The summed E-state index contributed by atoms with van der Waals surface area (Å²) in [5.41, 5.74) is 0.644. The van der Waals surface area contributed by atoms with Gasteiger partial charge in [-0.15, -0.1) is 0 Å². The van der Waals surface area contributed by atoms with Gasteiger partial charge < -0.3 is 9.84 Å². The van der Waals surface area contributed by atoms with Gasteiger partial charge in [0.25, 0.3) is 0 Å². The Kier molecular flexibility index (Phi) is 2.25. The minimum atomic E-state index is 0.111. The summed E-state index contributed by atoms with van der Waals surface area (Å²) in [5.74, 6) is 0.562. The fourth-order valence-corrected chi connectivity index (χ4v) is 0.968. The van der Waals surface area contributed by atoms with E-state index in [1.807, 2.05) is 0 Å². The Labute approximate surface area is 70.4 Å². The molecule has 0 radical (unpaired) electrons. The molecule has 1 aromatic carbocycles. The molecule has 11 heavy (non-hydrogen) atoms. The van der Waals surface area contributed by atoms with Crippen molar-refractivity contribution in [3.8, 4) is 11.5 Å². The largest absolute Gasteiger partial charge is 0.504 e. The molecule has 0 aliphatic carbocycles. The number of benzene rings is 1. The van der Waals surface area contributed by atoms with Crippen molar-refractivity contribution in [3.05, 3.63) is 22.7 Å². The number of rotatable bonds is 1. The van der Waals surface area contributed by atoms with Crippen molar-refractivity contribution in [2.24, 2.45) is 0 Å². The SMILES string of the molecule is COc1ccc(Cl)c(C)c1O. The standard InChI is InChI=1S/C8H9ClO2/c1-5-6(9)3-4-7(11-2)8(5)10/h3-4,10H,1-2H3. The first-order valence-electron chi connectivity index (χ1n) is 3.19. The second-order valence-corrected chi connectivity index (χ2v) is 2.63. The summed E-state index contributed by atoms with van der Waals surface area (Å²) in [4.78, 5) is 0. The van der Waals surface area contributed by atoms with Gasteiger partial charge in [-0.1, -0.05) is 11.6 Å². The van der Waals surface area contributed by atoms with Crippen LogP contribution in [0.15, 0.2) is 12.1 Å². The van der Waals surface area contributed by atoms with Gasteiger partial charge in [0.15, 0.2) is 11.5 Å². The number of aromatic hydroxyl groups is 1. The van der Waals surface area contributed by atoms with Gasteiger partial charge in [-0.2, -0.15) is 0 Å². The Morgan fingerprint density at radius 3 is 2.64 bits per heavy atom. The average Bonchev–Trinajstić information content (AvgIpc) is 2.01. The molecule has 1 rings (SSSR count). The molecule has 0 heterocycles. The molecule has 0 aromatic heterocycles. The summed E-state index contributed by atoms with van der Waals surface area (Å²) in [6.45, 7) is 1.74. The van der Waals surface area contributed by atoms with Gasteiger partial charge in [0.2, 0.25) is 0 Å². The van der Waals surface area contributed by atoms with Crippen LogP contribution in [0, 0.1) is 6.92 Å². The molecule has 0 saturated heterocycles. The predicted molar refractivity (Wildman–Crippen MR) is 44.4 cm³/mol. The smallest absolute Gasteiger partial charge is 0.162 e. The molecular weight excluding hydrogens is 164 g/mol. The van der Waals surface area contributed by atoms with E-state index in [2.05, 4.69) is 0 Å². The van der Waals surface area contributed by atoms with E-state index in [1.165, 1.54) is 7.11 Å². The van der Waals surface area contributed by atoms with E-state index >= 15 is 0 Å². The molecule has 0 bridgehead atoms. The number of hydrogen-bond acceptors (Lipinski definition) is 2. The van der Waals surface area contributed by atoms with Crippen LogP contribution >= 0.6 is 11.6 Å². The summed E-state index contributed by atoms with van der Waals surface area (Å²) in [5, 5.41) is 9.91. The number of ether oxygens (including phenoxy) is 1. The molecule has 0 amide bonds. The zero-order valence-corrected chi connectivity index (χ0v) is 7.14. The second-order valence-electron chi connectivity index (χ2n) is 2.22. The number of methoxy groups -OCH3 is 1. The van der Waals surface area contributed by atoms with Crippen molar-refractivity contribution in [1.29, 1.82) is 0 Å². The van der Waals surface area contributed by atoms with E-state index in [0.717, 1.165) is 0 Å². The lowest BCUT2D eigenvalue weighted by Crippen LogP contribution is -1.85. The Morgan fingerprint density at radius 1 is 1.45 bits per heavy atom. The topological polar surface area (TPSA) is 29.5 Å². The van der Waals surface area contributed by atoms with E-state index in [-0.39, 0.29) is 5.75 Å². The number of halogens is 1. The van der Waals surface area contributed by atoms with Crippen LogP contribution in [0.1, 0.15) is 5.56 Å². The lowest BCUT2D eigenvalue weighted by Gasteiger charge is -2.06. The molecule has 0 spiro atoms. The molecule has 0 aliphatic rings. The van der Waals surface area contributed by atoms with Crippen LogP contribution in [-0.4, -0.2) is 12.2 Å². The van der Waals surface area contributed by atoms with Gasteiger partial charge in [0.1, 0.15) is 0 Å². The zero-order chi connectivity index (χ0) is 8.43. The first kappa shape index (κ1) is 8.21. The highest BCUT2D eigenvalue weighted by molar-refractivity contribution is 6.31. The third-order valence-electron chi connectivity index (χ3n) is 1.55. The van der Waals surface area contributed by atoms with Gasteiger partial charge >= 0.3 is 0 Å². The minimum Gasteiger partial charge on any atom is -0.504 e. The highest BCUT2D eigenvalue weighted by Gasteiger charge is 2.06. The van der Waals surface area contributed by atoms with Crippen LogP contribution in [-0.2, 0) is 0 Å². The third kappa shape index (κ3) is 1.40. The van der Waals surface area contributed by atoms with Crippen molar-refractivity contribution in [1.82, 2.24) is 0 Å². The highest BCUT2D eigenvalue weighted by atomic mass is 35.5. The van der Waals surface area contributed by atoms with E-state index in [0.29, 0.717) is 16.3 Å². The molecule has 3 heteroatoms. The van der Waals surface area contributed by atoms with Gasteiger partial charge in [-0.3, -0.25) is 0 Å². The van der Waals surface area contributed by atoms with Crippen LogP contribution in [0.2, 0.25) is 5.02 Å². The first-order chi connectivity index (χ1) is 5.16. The molecule has 0 aliphatic heterocycles. The summed E-state index contributed by atoms with van der Waals surface area (Å²) >= 11 is 5.73. The van der Waals surface area contributed by atoms with E-state index < -0.39 is 0 Å². The Morgan fingerprint density at radius 2 is 2.09 bits per heavy atom. The maximum Gasteiger partial charge on any atom is 0.162 e. The summed E-state index contributed by atoms with van der Waals surface area (Å²) < 4.78 is 4.87. The Hall–Kier alpha value is -0.890. The van der Waals surface area contributed by atoms with Crippen molar-refractivity contribution >= 4 is 11.6 Å². The molecule has 0 unspecified atom stereocenters. The fraction of sp³-hybridized carbons (Fsp3) is 0.250. The van der Waals surface area contributed by atoms with Crippen LogP contribution in [0.3, 0.4) is 0 Å². The maximum absolute atomic E-state index is 9.37. The fourth-order valence-electron chi connectivity index (χ4n) is 0.815. The summed E-state index contributed by atoms with van der Waals surface area (Å²) in [6, 6.07) is 3.32. The van der Waals surface area contributed by atoms with E-state index in [4.69, 9.17) is 16.3 Å². The van der Waals surface area contributed by atoms with Gasteiger partial charge in [0.05, 0.1) is 7.11 Å². The van der Waals surface area contributed by atoms with Gasteiger partial charge in [0, 0.05) is 10.6 Å². The number of hydrogen-bond donors (Lipinski definition) is 1. The second kappa shape index (κ2) is 3.01. The number of phenolic OH excluding ortho intramolecular Hbond substituents is 1. The van der Waals surface area contributed by atoms with Crippen LogP contribution in [0.25, 0.3) is 0 Å². The molecular formula is C8H9ClO2. The van der Waals surface area contributed by atoms with Crippen molar-refractivity contribution < 1.29 is 9.84 Å². The summed E-state index contributed by atoms with van der Waals surface area (Å²) in [6.07, 6.45) is 0.